The lowest BCUT2D eigenvalue weighted by molar-refractivity contribution is 0.581. The Kier molecular flexibility index (Phi) is 4.54. The second-order valence-corrected chi connectivity index (χ2v) is 7.83. The Morgan fingerprint density at radius 2 is 1.29 bits per heavy atom. The van der Waals surface area contributed by atoms with Gasteiger partial charge in [0.05, 0.1) is 11.5 Å². The minimum absolute atomic E-state index is 0.329. The maximum Gasteiger partial charge on any atom is 0.170 e. The third-order valence-electron chi connectivity index (χ3n) is 1.71. The Bertz CT molecular complexity index is 363. The Hall–Kier alpha value is -0.620. The monoisotopic (exact) mass is 238 g/mol. The molecule has 0 spiro atoms. The number of sulfone groups is 2. The summed E-state index contributed by atoms with van der Waals surface area (Å²) < 4.78 is 44.1. The molecule has 4 nitrogen and oxygen atoms in total. The van der Waals surface area contributed by atoms with Gasteiger partial charge in [-0.25, -0.2) is 16.8 Å². The molecule has 0 fully saturated rings. The third kappa shape index (κ3) is 3.26. The van der Waals surface area contributed by atoms with Crippen LogP contribution in [0.3, 0.4) is 0 Å². The van der Waals surface area contributed by atoms with Gasteiger partial charge < -0.3 is 0 Å². The zero-order valence-corrected chi connectivity index (χ0v) is 9.64. The van der Waals surface area contributed by atoms with E-state index in [-0.39, 0.29) is 11.5 Å². The zero-order valence-electron chi connectivity index (χ0n) is 8.01. The van der Waals surface area contributed by atoms with Gasteiger partial charge in [0.25, 0.3) is 0 Å². The van der Waals surface area contributed by atoms with Crippen LogP contribution >= 0.6 is 0 Å². The van der Waals surface area contributed by atoms with Crippen molar-refractivity contribution in [2.24, 2.45) is 0 Å². The van der Waals surface area contributed by atoms with Gasteiger partial charge in [0, 0.05) is 0 Å². The summed E-state index contributed by atoms with van der Waals surface area (Å²) in [6.45, 7) is 7.69. The van der Waals surface area contributed by atoms with Crippen LogP contribution in [0.5, 0.6) is 0 Å². The fourth-order valence-corrected chi connectivity index (χ4v) is 4.28. The molecular formula is C8H14O4S2. The molecule has 0 saturated heterocycles. The van der Waals surface area contributed by atoms with Gasteiger partial charge in [-0.1, -0.05) is 12.2 Å². The van der Waals surface area contributed by atoms with Crippen molar-refractivity contribution in [2.75, 3.05) is 11.5 Å². The van der Waals surface area contributed by atoms with Crippen LogP contribution in [0.1, 0.15) is 6.92 Å². The summed E-state index contributed by atoms with van der Waals surface area (Å²) in [5.74, 6) is -0.658. The average Bonchev–Trinajstić information content (AvgIpc) is 2.02. The van der Waals surface area contributed by atoms with E-state index in [1.54, 1.807) is 0 Å². The lowest BCUT2D eigenvalue weighted by Crippen LogP contribution is -2.30. The van der Waals surface area contributed by atoms with Crippen molar-refractivity contribution < 1.29 is 16.8 Å². The highest BCUT2D eigenvalue weighted by Crippen LogP contribution is 2.11. The molecule has 0 aliphatic heterocycles. The van der Waals surface area contributed by atoms with E-state index in [0.29, 0.717) is 0 Å². The summed E-state index contributed by atoms with van der Waals surface area (Å²) in [6, 6.07) is 0. The third-order valence-corrected chi connectivity index (χ3v) is 6.89. The number of rotatable bonds is 6. The molecule has 6 heteroatoms. The smallest absolute Gasteiger partial charge is 0.170 e. The van der Waals surface area contributed by atoms with Gasteiger partial charge in [0.2, 0.25) is 0 Å². The lowest BCUT2D eigenvalue weighted by atomic mass is 10.8. The predicted molar refractivity (Wildman–Crippen MR) is 57.4 cm³/mol. The first-order valence-electron chi connectivity index (χ1n) is 3.93. The number of hydrogen-bond acceptors (Lipinski definition) is 4. The molecule has 82 valence electrons. The van der Waals surface area contributed by atoms with Crippen LogP contribution in [-0.2, 0) is 19.7 Å². The van der Waals surface area contributed by atoms with E-state index in [0.717, 1.165) is 6.92 Å². The SMILES string of the molecule is C=CCS(=O)(=O)C(C)S(=O)(=O)CC=C. The van der Waals surface area contributed by atoms with Crippen LogP contribution < -0.4 is 0 Å². The molecule has 0 aromatic rings. The van der Waals surface area contributed by atoms with E-state index in [1.807, 2.05) is 0 Å². The second-order valence-electron chi connectivity index (χ2n) is 2.80. The molecule has 0 radical (unpaired) electrons. The first kappa shape index (κ1) is 13.4. The minimum Gasteiger partial charge on any atom is -0.227 e. The van der Waals surface area contributed by atoms with Gasteiger partial charge in [0.15, 0.2) is 24.3 Å². The van der Waals surface area contributed by atoms with Crippen molar-refractivity contribution in [1.82, 2.24) is 0 Å². The van der Waals surface area contributed by atoms with Gasteiger partial charge in [-0.05, 0) is 6.92 Å². The van der Waals surface area contributed by atoms with Gasteiger partial charge in [-0.3, -0.25) is 0 Å². The molecule has 0 atom stereocenters. The van der Waals surface area contributed by atoms with Crippen molar-refractivity contribution in [3.8, 4) is 0 Å². The topological polar surface area (TPSA) is 68.3 Å². The summed E-state index contributed by atoms with van der Waals surface area (Å²) in [5, 5.41) is 0. The molecule has 0 saturated carbocycles. The first-order valence-corrected chi connectivity index (χ1v) is 7.36. The fraction of sp³-hybridized carbons (Fsp3) is 0.500. The van der Waals surface area contributed by atoms with E-state index in [2.05, 4.69) is 13.2 Å². The molecule has 0 aliphatic rings. The molecule has 0 unspecified atom stereocenters. The highest BCUT2D eigenvalue weighted by molar-refractivity contribution is 8.09. The number of hydrogen-bond donors (Lipinski definition) is 0. The maximum atomic E-state index is 11.4. The van der Waals surface area contributed by atoms with Crippen LogP contribution in [0.15, 0.2) is 25.3 Å². The highest BCUT2D eigenvalue weighted by Gasteiger charge is 2.31. The van der Waals surface area contributed by atoms with E-state index in [9.17, 15) is 16.8 Å². The lowest BCUT2D eigenvalue weighted by Gasteiger charge is -2.10. The van der Waals surface area contributed by atoms with E-state index in [1.165, 1.54) is 12.2 Å². The summed E-state index contributed by atoms with van der Waals surface area (Å²) in [7, 11) is -7.29. The van der Waals surface area contributed by atoms with Gasteiger partial charge in [-0.15, -0.1) is 13.2 Å². The molecule has 0 bridgehead atoms. The molecule has 14 heavy (non-hydrogen) atoms. The maximum absolute atomic E-state index is 11.4. The van der Waals surface area contributed by atoms with Crippen molar-refractivity contribution in [3.05, 3.63) is 25.3 Å². The van der Waals surface area contributed by atoms with E-state index < -0.39 is 24.3 Å². The second kappa shape index (κ2) is 4.75. The molecule has 0 amide bonds. The molecule has 0 heterocycles. The fourth-order valence-electron chi connectivity index (χ4n) is 0.823. The van der Waals surface area contributed by atoms with E-state index in [4.69, 9.17) is 0 Å². The Balaban J connectivity index is 5.05. The normalized spacial score (nSPS) is 12.7. The van der Waals surface area contributed by atoms with Crippen LogP contribution in [-0.4, -0.2) is 32.9 Å². The van der Waals surface area contributed by atoms with Crippen molar-refractivity contribution in [1.29, 1.82) is 0 Å². The standard InChI is InChI=1S/C8H14O4S2/c1-4-6-13(9,10)8(3)14(11,12)7-5-2/h4-5,8H,1-2,6-7H2,3H3. The molecule has 0 N–H and O–H groups in total. The Morgan fingerprint density at radius 3 is 1.50 bits per heavy atom. The quantitative estimate of drug-likeness (QED) is 0.633. The van der Waals surface area contributed by atoms with Crippen LogP contribution in [0.2, 0.25) is 0 Å². The average molecular weight is 238 g/mol. The zero-order chi connectivity index (χ0) is 11.4. The molecule has 0 aromatic carbocycles. The molecular weight excluding hydrogens is 224 g/mol. The molecule has 0 aliphatic carbocycles. The predicted octanol–water partition coefficient (Wildman–Crippen LogP) is 0.534. The first-order chi connectivity index (χ1) is 6.28. The summed E-state index contributed by atoms with van der Waals surface area (Å²) in [6.07, 6.45) is 2.35. The van der Waals surface area contributed by atoms with Gasteiger partial charge in [-0.2, -0.15) is 0 Å². The van der Waals surface area contributed by atoms with Crippen LogP contribution in [0, 0.1) is 0 Å². The minimum atomic E-state index is -3.64. The highest BCUT2D eigenvalue weighted by atomic mass is 32.3. The summed E-state index contributed by atoms with van der Waals surface area (Å²) in [5.41, 5.74) is 0. The molecule has 0 rings (SSSR count). The van der Waals surface area contributed by atoms with Crippen molar-refractivity contribution in [3.63, 3.8) is 0 Å². The summed E-state index contributed by atoms with van der Waals surface area (Å²) in [4.78, 5) is 0. The molecule has 0 aromatic heterocycles. The van der Waals surface area contributed by atoms with Crippen LogP contribution in [0.4, 0.5) is 0 Å². The van der Waals surface area contributed by atoms with Gasteiger partial charge >= 0.3 is 0 Å². The largest absolute Gasteiger partial charge is 0.227 e. The summed E-state index contributed by atoms with van der Waals surface area (Å²) >= 11 is 0. The van der Waals surface area contributed by atoms with E-state index >= 15 is 0 Å². The Labute approximate surface area is 85.2 Å². The van der Waals surface area contributed by atoms with Crippen molar-refractivity contribution >= 4 is 19.7 Å². The van der Waals surface area contributed by atoms with Crippen LogP contribution in [0.25, 0.3) is 0 Å². The Morgan fingerprint density at radius 1 is 1.00 bits per heavy atom. The van der Waals surface area contributed by atoms with Gasteiger partial charge in [0.1, 0.15) is 0 Å². The van der Waals surface area contributed by atoms with Crippen molar-refractivity contribution in [2.45, 2.75) is 11.5 Å².